The zero-order chi connectivity index (χ0) is 18.0. The monoisotopic (exact) mass is 341 g/mol. The van der Waals surface area contributed by atoms with Crippen LogP contribution in [-0.2, 0) is 12.8 Å². The number of nitrogens with zero attached hydrogens (tertiary/aromatic N) is 2. The second-order valence-electron chi connectivity index (χ2n) is 7.23. The van der Waals surface area contributed by atoms with Gasteiger partial charge in [-0.2, -0.15) is 5.10 Å². The number of aliphatic hydroxyl groups is 1. The molecular weight excluding hydrogens is 314 g/mol. The summed E-state index contributed by atoms with van der Waals surface area (Å²) in [4.78, 5) is 12.6. The molecule has 0 spiro atoms. The maximum absolute atomic E-state index is 12.6. The number of carbonyl (C=O) groups is 1. The fourth-order valence-electron chi connectivity index (χ4n) is 3.27. The van der Waals surface area contributed by atoms with Crippen molar-refractivity contribution in [3.8, 4) is 5.69 Å². The number of rotatable bonds is 6. The average Bonchev–Trinajstić information content (AvgIpc) is 3.17. The van der Waals surface area contributed by atoms with Crippen molar-refractivity contribution in [1.29, 1.82) is 0 Å². The molecule has 2 aromatic rings. The van der Waals surface area contributed by atoms with Gasteiger partial charge in [0, 0.05) is 17.8 Å². The summed E-state index contributed by atoms with van der Waals surface area (Å²) in [5.74, 6) is 0.0573. The molecule has 0 saturated heterocycles. The Morgan fingerprint density at radius 1 is 1.28 bits per heavy atom. The van der Waals surface area contributed by atoms with Gasteiger partial charge in [0.2, 0.25) is 0 Å². The number of fused-ring (bicyclic) bond motifs is 1. The first kappa shape index (κ1) is 17.7. The van der Waals surface area contributed by atoms with E-state index < -0.39 is 6.10 Å². The first-order valence-corrected chi connectivity index (χ1v) is 9.11. The number of carbonyl (C=O) groups excluding carboxylic acids is 1. The Bertz CT molecular complexity index is 747. The lowest BCUT2D eigenvalue weighted by Crippen LogP contribution is -2.29. The lowest BCUT2D eigenvalue weighted by molar-refractivity contribution is 0.0914. The molecule has 1 aromatic carbocycles. The summed E-state index contributed by atoms with van der Waals surface area (Å²) in [6.45, 7) is 6.47. The predicted octanol–water partition coefficient (Wildman–Crippen LogP) is 2.81. The zero-order valence-electron chi connectivity index (χ0n) is 15.2. The number of hydrogen-bond donors (Lipinski definition) is 2. The predicted molar refractivity (Wildman–Crippen MR) is 98.1 cm³/mol. The van der Waals surface area contributed by atoms with E-state index in [1.165, 1.54) is 5.56 Å². The van der Waals surface area contributed by atoms with Crippen LogP contribution < -0.4 is 5.32 Å². The number of aromatic nitrogens is 2. The van der Waals surface area contributed by atoms with E-state index in [4.69, 9.17) is 0 Å². The molecule has 0 radical (unpaired) electrons. The van der Waals surface area contributed by atoms with E-state index in [2.05, 4.69) is 29.5 Å². The van der Waals surface area contributed by atoms with E-state index in [0.29, 0.717) is 18.7 Å². The molecule has 5 heteroatoms. The van der Waals surface area contributed by atoms with Crippen LogP contribution in [0.4, 0.5) is 0 Å². The smallest absolute Gasteiger partial charge is 0.272 e. The summed E-state index contributed by atoms with van der Waals surface area (Å²) in [5, 5.41) is 17.4. The Morgan fingerprint density at radius 3 is 2.68 bits per heavy atom. The number of aliphatic hydroxyl groups excluding tert-OH is 1. The molecule has 1 atom stereocenters. The summed E-state index contributed by atoms with van der Waals surface area (Å²) in [6.07, 6.45) is 3.08. The number of hydrogen-bond acceptors (Lipinski definition) is 3. The highest BCUT2D eigenvalue weighted by Crippen LogP contribution is 2.28. The molecule has 1 aliphatic rings. The van der Waals surface area contributed by atoms with Crippen LogP contribution in [0.5, 0.6) is 0 Å². The van der Waals surface area contributed by atoms with Gasteiger partial charge in [-0.3, -0.25) is 4.79 Å². The highest BCUT2D eigenvalue weighted by molar-refractivity contribution is 5.94. The van der Waals surface area contributed by atoms with Crippen molar-refractivity contribution in [1.82, 2.24) is 15.1 Å². The van der Waals surface area contributed by atoms with E-state index in [9.17, 15) is 9.90 Å². The molecule has 1 aliphatic carbocycles. The van der Waals surface area contributed by atoms with Crippen molar-refractivity contribution in [2.45, 2.75) is 52.6 Å². The Labute approximate surface area is 149 Å². The van der Waals surface area contributed by atoms with Gasteiger partial charge in [0.1, 0.15) is 0 Å². The summed E-state index contributed by atoms with van der Waals surface area (Å²) in [5.41, 5.74) is 4.96. The minimum Gasteiger partial charge on any atom is -0.393 e. The number of amides is 1. The Balaban J connectivity index is 1.77. The van der Waals surface area contributed by atoms with Gasteiger partial charge in [0.25, 0.3) is 5.91 Å². The molecule has 0 aliphatic heterocycles. The molecule has 134 valence electrons. The molecular formula is C20H27N3O2. The topological polar surface area (TPSA) is 67.2 Å². The number of aryl methyl sites for hydroxylation is 1. The maximum atomic E-state index is 12.6. The van der Waals surface area contributed by atoms with Gasteiger partial charge in [0.15, 0.2) is 5.69 Å². The van der Waals surface area contributed by atoms with E-state index in [0.717, 1.165) is 36.2 Å². The van der Waals surface area contributed by atoms with Crippen molar-refractivity contribution in [2.75, 3.05) is 6.54 Å². The molecule has 1 amide bonds. The normalized spacial score (nSPS) is 14.6. The zero-order valence-corrected chi connectivity index (χ0v) is 15.2. The van der Waals surface area contributed by atoms with E-state index in [1.54, 1.807) is 0 Å². The van der Waals surface area contributed by atoms with Crippen LogP contribution in [0.15, 0.2) is 24.3 Å². The van der Waals surface area contributed by atoms with E-state index >= 15 is 0 Å². The van der Waals surface area contributed by atoms with Gasteiger partial charge in [-0.05, 0) is 50.7 Å². The van der Waals surface area contributed by atoms with E-state index in [1.807, 2.05) is 30.7 Å². The van der Waals surface area contributed by atoms with Crippen molar-refractivity contribution in [3.63, 3.8) is 0 Å². The van der Waals surface area contributed by atoms with Crippen LogP contribution in [0.1, 0.15) is 54.0 Å². The molecule has 0 saturated carbocycles. The van der Waals surface area contributed by atoms with Crippen LogP contribution in [0, 0.1) is 12.8 Å². The molecule has 1 unspecified atom stereocenters. The first-order valence-electron chi connectivity index (χ1n) is 9.11. The molecule has 1 aromatic heterocycles. The Morgan fingerprint density at radius 2 is 2.00 bits per heavy atom. The average molecular weight is 341 g/mol. The fourth-order valence-corrected chi connectivity index (χ4v) is 3.27. The minimum atomic E-state index is -0.392. The molecule has 5 nitrogen and oxygen atoms in total. The standard InChI is InChI=1S/C20H27N3O2/c1-13(2)18(24)11-12-21-20(25)19-16-5-4-6-17(16)23(22-19)15-9-7-14(3)8-10-15/h7-10,13,18,24H,4-6,11-12H2,1-3H3,(H,21,25). The van der Waals surface area contributed by atoms with Gasteiger partial charge in [-0.25, -0.2) is 4.68 Å². The lowest BCUT2D eigenvalue weighted by atomic mass is 10.0. The lowest BCUT2D eigenvalue weighted by Gasteiger charge is -2.14. The summed E-state index contributed by atoms with van der Waals surface area (Å²) >= 11 is 0. The van der Waals surface area contributed by atoms with Gasteiger partial charge >= 0.3 is 0 Å². The molecule has 2 N–H and O–H groups in total. The Hall–Kier alpha value is -2.14. The van der Waals surface area contributed by atoms with Gasteiger partial charge in [0.05, 0.1) is 11.8 Å². The third kappa shape index (κ3) is 3.76. The molecule has 0 bridgehead atoms. The summed E-state index contributed by atoms with van der Waals surface area (Å²) in [7, 11) is 0. The largest absolute Gasteiger partial charge is 0.393 e. The maximum Gasteiger partial charge on any atom is 0.272 e. The van der Waals surface area contributed by atoms with Crippen LogP contribution >= 0.6 is 0 Å². The van der Waals surface area contributed by atoms with Crippen LogP contribution in [-0.4, -0.2) is 33.4 Å². The third-order valence-corrected chi connectivity index (χ3v) is 4.92. The molecule has 25 heavy (non-hydrogen) atoms. The number of nitrogens with one attached hydrogen (secondary N) is 1. The molecule has 0 fully saturated rings. The molecule has 1 heterocycles. The van der Waals surface area contributed by atoms with Crippen molar-refractivity contribution in [3.05, 3.63) is 46.8 Å². The quantitative estimate of drug-likeness (QED) is 0.849. The summed E-state index contributed by atoms with van der Waals surface area (Å²) < 4.78 is 1.92. The Kier molecular flexibility index (Phi) is 5.23. The van der Waals surface area contributed by atoms with Gasteiger partial charge in [-0.1, -0.05) is 31.5 Å². The number of benzene rings is 1. The van der Waals surface area contributed by atoms with Crippen LogP contribution in [0.25, 0.3) is 5.69 Å². The highest BCUT2D eigenvalue weighted by Gasteiger charge is 2.26. The van der Waals surface area contributed by atoms with Gasteiger partial charge < -0.3 is 10.4 Å². The first-order chi connectivity index (χ1) is 12.0. The fraction of sp³-hybridized carbons (Fsp3) is 0.500. The summed E-state index contributed by atoms with van der Waals surface area (Å²) in [6, 6.07) is 8.21. The van der Waals surface area contributed by atoms with Crippen LogP contribution in [0.3, 0.4) is 0 Å². The molecule has 3 rings (SSSR count). The van der Waals surface area contributed by atoms with Crippen molar-refractivity contribution < 1.29 is 9.90 Å². The minimum absolute atomic E-state index is 0.139. The van der Waals surface area contributed by atoms with Crippen LogP contribution in [0.2, 0.25) is 0 Å². The second-order valence-corrected chi connectivity index (χ2v) is 7.23. The second kappa shape index (κ2) is 7.40. The van der Waals surface area contributed by atoms with Gasteiger partial charge in [-0.15, -0.1) is 0 Å². The van der Waals surface area contributed by atoms with Crippen molar-refractivity contribution >= 4 is 5.91 Å². The van der Waals surface area contributed by atoms with E-state index in [-0.39, 0.29) is 11.8 Å². The van der Waals surface area contributed by atoms with Crippen molar-refractivity contribution in [2.24, 2.45) is 5.92 Å². The highest BCUT2D eigenvalue weighted by atomic mass is 16.3. The third-order valence-electron chi connectivity index (χ3n) is 4.92. The SMILES string of the molecule is Cc1ccc(-n2nc(C(=O)NCCC(O)C(C)C)c3c2CCC3)cc1.